The van der Waals surface area contributed by atoms with E-state index in [2.05, 4.69) is 20.8 Å². The Balaban J connectivity index is 1.79. The van der Waals surface area contributed by atoms with E-state index in [1.54, 1.807) is 22.8 Å². The number of hydrogen-bond acceptors (Lipinski definition) is 4. The highest BCUT2D eigenvalue weighted by Crippen LogP contribution is 2.33. The molecule has 0 N–H and O–H groups in total. The molecule has 44 heavy (non-hydrogen) atoms. The Labute approximate surface area is 261 Å². The van der Waals surface area contributed by atoms with E-state index in [0.29, 0.717) is 39.6 Å². The number of aromatic nitrogens is 2. The number of benzene rings is 2. The quantitative estimate of drug-likeness (QED) is 0.199. The van der Waals surface area contributed by atoms with Gasteiger partial charge in [-0.05, 0) is 76.1 Å². The van der Waals surface area contributed by atoms with E-state index in [0.717, 1.165) is 54.5 Å². The van der Waals surface area contributed by atoms with Gasteiger partial charge in [0.2, 0.25) is 0 Å². The van der Waals surface area contributed by atoms with Crippen molar-refractivity contribution in [1.82, 2.24) is 14.5 Å². The molecule has 5 rings (SSSR count). The first-order chi connectivity index (χ1) is 21.1. The summed E-state index contributed by atoms with van der Waals surface area (Å²) in [7, 11) is 0. The molecule has 3 heterocycles. The highest BCUT2D eigenvalue weighted by atomic mass is 32.1. The van der Waals surface area contributed by atoms with Gasteiger partial charge >= 0.3 is 0 Å². The van der Waals surface area contributed by atoms with Crippen molar-refractivity contribution >= 4 is 23.3 Å². The summed E-state index contributed by atoms with van der Waals surface area (Å²) in [6.45, 7) is 10.8. The molecule has 0 bridgehead atoms. The number of pyridine rings is 1. The minimum atomic E-state index is -2.55. The fraction of sp³-hybridized carbons (Fsp3) is 0.361. The maximum absolute atomic E-state index is 14.7. The normalized spacial score (nSPS) is 15.1. The van der Waals surface area contributed by atoms with Gasteiger partial charge in [0.1, 0.15) is 5.01 Å². The van der Waals surface area contributed by atoms with Crippen LogP contribution in [0.4, 0.5) is 8.78 Å². The fourth-order valence-corrected chi connectivity index (χ4v) is 6.82. The van der Waals surface area contributed by atoms with Gasteiger partial charge in [-0.1, -0.05) is 61.9 Å². The van der Waals surface area contributed by atoms with Gasteiger partial charge in [-0.3, -0.25) is 14.2 Å². The van der Waals surface area contributed by atoms with Crippen molar-refractivity contribution in [2.24, 2.45) is 0 Å². The molecule has 0 unspecified atom stereocenters. The van der Waals surface area contributed by atoms with Crippen molar-refractivity contribution in [1.29, 1.82) is 0 Å². The molecule has 2 aromatic heterocycles. The van der Waals surface area contributed by atoms with Crippen LogP contribution >= 0.6 is 11.3 Å². The number of alkyl halides is 2. The molecule has 1 aliphatic heterocycles. The smallest absolute Gasteiger partial charge is 0.265 e. The number of allylic oxidation sites excluding steroid dienone is 1. The molecular weight excluding hydrogens is 576 g/mol. The zero-order chi connectivity index (χ0) is 31.5. The Bertz CT molecular complexity index is 1730. The molecule has 0 spiro atoms. The minimum absolute atomic E-state index is 0.0571. The lowest BCUT2D eigenvalue weighted by atomic mass is 9.98. The third-order valence-corrected chi connectivity index (χ3v) is 9.22. The second kappa shape index (κ2) is 13.4. The largest absolute Gasteiger partial charge is 0.336 e. The number of halogens is 2. The molecule has 0 radical (unpaired) electrons. The first-order valence-corrected chi connectivity index (χ1v) is 16.2. The Hall–Kier alpha value is -3.91. The summed E-state index contributed by atoms with van der Waals surface area (Å²) < 4.78 is 28.0. The Morgan fingerprint density at radius 1 is 1.07 bits per heavy atom. The summed E-state index contributed by atoms with van der Waals surface area (Å²) in [6, 6.07) is 13.9. The molecule has 0 aliphatic carbocycles. The van der Waals surface area contributed by atoms with Crippen LogP contribution in [0.15, 0.2) is 64.3 Å². The van der Waals surface area contributed by atoms with Gasteiger partial charge in [-0.25, -0.2) is 13.8 Å². The first-order valence-electron chi connectivity index (χ1n) is 15.4. The molecule has 8 heteroatoms. The molecule has 5 nitrogen and oxygen atoms in total. The minimum Gasteiger partial charge on any atom is -0.336 e. The van der Waals surface area contributed by atoms with Crippen LogP contribution in [-0.4, -0.2) is 32.9 Å². The number of piperidine rings is 1. The van der Waals surface area contributed by atoms with Gasteiger partial charge < -0.3 is 4.90 Å². The Morgan fingerprint density at radius 3 is 2.34 bits per heavy atom. The van der Waals surface area contributed by atoms with E-state index in [1.165, 1.54) is 23.5 Å². The second-order valence-electron chi connectivity index (χ2n) is 11.7. The van der Waals surface area contributed by atoms with Crippen LogP contribution in [0.1, 0.15) is 93.0 Å². The summed E-state index contributed by atoms with van der Waals surface area (Å²) in [4.78, 5) is 35.8. The van der Waals surface area contributed by atoms with E-state index < -0.39 is 6.43 Å². The number of amides is 1. The van der Waals surface area contributed by atoms with Gasteiger partial charge in [-0.2, -0.15) is 0 Å². The fourth-order valence-electron chi connectivity index (χ4n) is 5.98. The second-order valence-corrected chi connectivity index (χ2v) is 12.5. The van der Waals surface area contributed by atoms with Crippen LogP contribution in [0.3, 0.4) is 0 Å². The molecule has 230 valence electrons. The van der Waals surface area contributed by atoms with Gasteiger partial charge in [0.05, 0.1) is 28.2 Å². The van der Waals surface area contributed by atoms with Crippen LogP contribution in [0.2, 0.25) is 0 Å². The van der Waals surface area contributed by atoms with Crippen LogP contribution in [0.25, 0.3) is 33.6 Å². The summed E-state index contributed by atoms with van der Waals surface area (Å²) in [6.07, 6.45) is 3.80. The van der Waals surface area contributed by atoms with Gasteiger partial charge in [0, 0.05) is 29.1 Å². The molecule has 1 amide bonds. The number of carbonyl (C=O) groups excluding carboxylic acids is 1. The van der Waals surface area contributed by atoms with E-state index in [-0.39, 0.29) is 23.1 Å². The third kappa shape index (κ3) is 6.18. The highest BCUT2D eigenvalue weighted by molar-refractivity contribution is 7.13. The van der Waals surface area contributed by atoms with Crippen LogP contribution in [-0.2, 0) is 12.8 Å². The predicted octanol–water partition coefficient (Wildman–Crippen LogP) is 9.13. The lowest BCUT2D eigenvalue weighted by molar-refractivity contribution is 0.0634. The summed E-state index contributed by atoms with van der Waals surface area (Å²) in [5, 5.41) is 2.31. The molecule has 4 aromatic rings. The number of carbonyl (C=O) groups is 1. The van der Waals surface area contributed by atoms with Gasteiger partial charge in [-0.15, -0.1) is 11.3 Å². The zero-order valence-electron chi connectivity index (χ0n) is 26.0. The number of likely N-dealkylation sites (tertiary alicyclic amines) is 1. The van der Waals surface area contributed by atoms with Crippen molar-refractivity contribution in [3.05, 3.63) is 97.8 Å². The Kier molecular flexibility index (Phi) is 9.59. The lowest BCUT2D eigenvalue weighted by Gasteiger charge is -2.34. The molecule has 0 saturated carbocycles. The molecule has 1 aliphatic rings. The van der Waals surface area contributed by atoms with Crippen molar-refractivity contribution in [3.63, 3.8) is 0 Å². The van der Waals surface area contributed by atoms with E-state index in [1.807, 2.05) is 48.4 Å². The van der Waals surface area contributed by atoms with Crippen molar-refractivity contribution < 1.29 is 13.6 Å². The van der Waals surface area contributed by atoms with E-state index in [4.69, 9.17) is 4.98 Å². The monoisotopic (exact) mass is 615 g/mol. The molecular formula is C36H39F2N3O2S. The summed E-state index contributed by atoms with van der Waals surface area (Å²) in [5.74, 6) is -0.0916. The van der Waals surface area contributed by atoms with Crippen LogP contribution in [0, 0.1) is 0 Å². The van der Waals surface area contributed by atoms with Crippen molar-refractivity contribution in [2.45, 2.75) is 79.2 Å². The van der Waals surface area contributed by atoms with E-state index in [9.17, 15) is 18.4 Å². The Morgan fingerprint density at radius 2 is 1.75 bits per heavy atom. The predicted molar refractivity (Wildman–Crippen MR) is 176 cm³/mol. The SMILES string of the molecule is CCc1cccc(CC)c1-n1c(C=C(C)C)c(C(=O)N2CCCC[C@H]2C)cc(-c2nc(-c3ccc(C(F)F)cc3)cs2)c1=O. The van der Waals surface area contributed by atoms with E-state index >= 15 is 0 Å². The zero-order valence-corrected chi connectivity index (χ0v) is 26.8. The number of thiazole rings is 1. The van der Waals surface area contributed by atoms with Crippen molar-refractivity contribution in [3.8, 4) is 27.5 Å². The molecule has 2 aromatic carbocycles. The number of para-hydroxylation sites is 1. The van der Waals surface area contributed by atoms with Crippen LogP contribution < -0.4 is 5.56 Å². The number of hydrogen-bond donors (Lipinski definition) is 0. The average Bonchev–Trinajstić information content (AvgIpc) is 3.51. The molecule has 1 atom stereocenters. The third-order valence-electron chi connectivity index (χ3n) is 8.34. The summed E-state index contributed by atoms with van der Waals surface area (Å²) >= 11 is 1.31. The average molecular weight is 616 g/mol. The maximum atomic E-state index is 14.7. The lowest BCUT2D eigenvalue weighted by Crippen LogP contribution is -2.43. The topological polar surface area (TPSA) is 55.2 Å². The molecule has 1 saturated heterocycles. The first kappa shape index (κ1) is 31.5. The van der Waals surface area contributed by atoms with Crippen LogP contribution in [0.5, 0.6) is 0 Å². The maximum Gasteiger partial charge on any atom is 0.265 e. The summed E-state index contributed by atoms with van der Waals surface area (Å²) in [5.41, 5.74) is 6.20. The van der Waals surface area contributed by atoms with Gasteiger partial charge in [0.15, 0.2) is 0 Å². The number of aryl methyl sites for hydroxylation is 2. The molecule has 1 fully saturated rings. The highest BCUT2D eigenvalue weighted by Gasteiger charge is 2.30. The van der Waals surface area contributed by atoms with Crippen molar-refractivity contribution in [2.75, 3.05) is 6.54 Å². The standard InChI is InChI=1S/C36H39F2N3O2S/c1-6-24-12-10-13-25(7-2)32(24)41-31(19-22(3)4)28(35(42)40-18-9-8-11-23(40)5)20-29(36(41)43)34-39-30(21-44-34)26-14-16-27(17-15-26)33(37)38/h10,12-17,19-21,23,33H,6-9,11,18H2,1-5H3/t23-/m1/s1. The van der Waals surface area contributed by atoms with Gasteiger partial charge in [0.25, 0.3) is 17.9 Å². The number of nitrogens with zero attached hydrogens (tertiary/aromatic N) is 3. The number of rotatable bonds is 8.